The molecule has 0 fully saturated rings. The van der Waals surface area contributed by atoms with E-state index in [4.69, 9.17) is 0 Å². The van der Waals surface area contributed by atoms with E-state index >= 15 is 0 Å². The Morgan fingerprint density at radius 3 is 2.47 bits per heavy atom. The molecule has 2 N–H and O–H groups in total. The number of aliphatic imine (C=N–C) groups is 1. The van der Waals surface area contributed by atoms with Crippen LogP contribution in [-0.2, 0) is 13.0 Å². The van der Waals surface area contributed by atoms with Crippen molar-refractivity contribution in [2.45, 2.75) is 40.7 Å². The molecule has 1 heterocycles. The van der Waals surface area contributed by atoms with Gasteiger partial charge in [-0.3, -0.25) is 0 Å². The number of halogens is 1. The Hall–Kier alpha value is -0.370. The van der Waals surface area contributed by atoms with E-state index in [1.165, 1.54) is 9.88 Å². The number of aromatic nitrogens is 1. The summed E-state index contributed by atoms with van der Waals surface area (Å²) in [4.78, 5) is 10.2. The number of nitrogens with one attached hydrogen (secondary N) is 2. The molecule has 110 valence electrons. The average molecular weight is 396 g/mol. The maximum absolute atomic E-state index is 4.53. The number of rotatable bonds is 6. The van der Waals surface area contributed by atoms with Crippen LogP contribution in [0.15, 0.2) is 11.2 Å². The van der Waals surface area contributed by atoms with Crippen LogP contribution in [0.2, 0.25) is 0 Å². The molecule has 0 unspecified atom stereocenters. The van der Waals surface area contributed by atoms with Crippen molar-refractivity contribution in [2.75, 3.05) is 13.1 Å². The Bertz CT molecular complexity index is 368. The minimum absolute atomic E-state index is 0. The zero-order chi connectivity index (χ0) is 13.4. The number of nitrogens with zero attached hydrogens (tertiary/aromatic N) is 2. The Kier molecular flexibility index (Phi) is 10.2. The molecular weight excluding hydrogens is 371 g/mol. The van der Waals surface area contributed by atoms with Gasteiger partial charge in [-0.25, -0.2) is 9.98 Å². The van der Waals surface area contributed by atoms with Crippen LogP contribution < -0.4 is 10.6 Å². The van der Waals surface area contributed by atoms with Gasteiger partial charge in [0.2, 0.25) is 0 Å². The SMILES string of the molecule is CCNC(=NCc1cnc(CC(C)C)s1)NCC.I. The molecule has 0 saturated carbocycles. The molecule has 0 aliphatic carbocycles. The van der Waals surface area contributed by atoms with Gasteiger partial charge in [0.25, 0.3) is 0 Å². The minimum atomic E-state index is 0. The van der Waals surface area contributed by atoms with E-state index in [1.807, 2.05) is 6.20 Å². The highest BCUT2D eigenvalue weighted by molar-refractivity contribution is 14.0. The second-order valence-corrected chi connectivity index (χ2v) is 5.74. The smallest absolute Gasteiger partial charge is 0.191 e. The highest BCUT2D eigenvalue weighted by Crippen LogP contribution is 2.17. The van der Waals surface area contributed by atoms with Crippen molar-refractivity contribution in [2.24, 2.45) is 10.9 Å². The van der Waals surface area contributed by atoms with Crippen LogP contribution in [0.5, 0.6) is 0 Å². The van der Waals surface area contributed by atoms with Gasteiger partial charge in [-0.15, -0.1) is 35.3 Å². The summed E-state index contributed by atoms with van der Waals surface area (Å²) in [6.45, 7) is 11.0. The molecule has 0 radical (unpaired) electrons. The van der Waals surface area contributed by atoms with Crippen molar-refractivity contribution in [3.05, 3.63) is 16.1 Å². The molecule has 0 aromatic carbocycles. The van der Waals surface area contributed by atoms with Crippen molar-refractivity contribution < 1.29 is 0 Å². The predicted molar refractivity (Wildman–Crippen MR) is 94.6 cm³/mol. The summed E-state index contributed by atoms with van der Waals surface area (Å²) in [7, 11) is 0. The van der Waals surface area contributed by atoms with Crippen molar-refractivity contribution in [3.63, 3.8) is 0 Å². The van der Waals surface area contributed by atoms with E-state index in [9.17, 15) is 0 Å². The Labute approximate surface area is 137 Å². The van der Waals surface area contributed by atoms with Crippen molar-refractivity contribution in [1.29, 1.82) is 0 Å². The van der Waals surface area contributed by atoms with Crippen LogP contribution in [0.3, 0.4) is 0 Å². The van der Waals surface area contributed by atoms with E-state index in [-0.39, 0.29) is 24.0 Å². The fraction of sp³-hybridized carbons (Fsp3) is 0.692. The Balaban J connectivity index is 0.00000324. The van der Waals surface area contributed by atoms with E-state index in [0.717, 1.165) is 25.5 Å². The summed E-state index contributed by atoms with van der Waals surface area (Å²) in [6.07, 6.45) is 3.00. The molecule has 0 amide bonds. The maximum Gasteiger partial charge on any atom is 0.191 e. The lowest BCUT2D eigenvalue weighted by molar-refractivity contribution is 0.644. The average Bonchev–Trinajstić information content (AvgIpc) is 2.73. The molecule has 0 bridgehead atoms. The molecule has 6 heteroatoms. The lowest BCUT2D eigenvalue weighted by Gasteiger charge is -2.08. The molecule has 19 heavy (non-hydrogen) atoms. The van der Waals surface area contributed by atoms with Gasteiger partial charge in [0.1, 0.15) is 0 Å². The van der Waals surface area contributed by atoms with Crippen LogP contribution >= 0.6 is 35.3 Å². The van der Waals surface area contributed by atoms with Gasteiger partial charge in [0, 0.05) is 30.6 Å². The Morgan fingerprint density at radius 1 is 1.32 bits per heavy atom. The van der Waals surface area contributed by atoms with Crippen molar-refractivity contribution >= 4 is 41.3 Å². The normalized spacial score (nSPS) is 9.95. The quantitative estimate of drug-likeness (QED) is 0.442. The summed E-state index contributed by atoms with van der Waals surface area (Å²) in [5, 5.41) is 7.64. The number of guanidine groups is 1. The molecule has 0 aliphatic rings. The fourth-order valence-electron chi connectivity index (χ4n) is 1.53. The first kappa shape index (κ1) is 18.6. The third-order valence-electron chi connectivity index (χ3n) is 2.27. The van der Waals surface area contributed by atoms with Crippen LogP contribution in [0.4, 0.5) is 0 Å². The summed E-state index contributed by atoms with van der Waals surface area (Å²) in [6, 6.07) is 0. The molecule has 1 aromatic rings. The van der Waals surface area contributed by atoms with Gasteiger partial charge in [0.05, 0.1) is 11.6 Å². The first-order valence-electron chi connectivity index (χ1n) is 6.61. The lowest BCUT2D eigenvalue weighted by atomic mass is 10.1. The van der Waals surface area contributed by atoms with Crippen molar-refractivity contribution in [1.82, 2.24) is 15.6 Å². The molecule has 0 atom stereocenters. The highest BCUT2D eigenvalue weighted by Gasteiger charge is 2.04. The number of thiazole rings is 1. The third kappa shape index (κ3) is 7.71. The molecule has 1 rings (SSSR count). The largest absolute Gasteiger partial charge is 0.357 e. The standard InChI is InChI=1S/C13H24N4S.HI/c1-5-14-13(15-6-2)17-9-11-8-16-12(18-11)7-10(3)4;/h8,10H,5-7,9H2,1-4H3,(H2,14,15,17);1H. The molecule has 1 aromatic heterocycles. The molecule has 0 saturated heterocycles. The van der Waals surface area contributed by atoms with Gasteiger partial charge in [-0.2, -0.15) is 0 Å². The van der Waals surface area contributed by atoms with E-state index in [1.54, 1.807) is 11.3 Å². The van der Waals surface area contributed by atoms with Gasteiger partial charge < -0.3 is 10.6 Å². The third-order valence-corrected chi connectivity index (χ3v) is 3.27. The minimum Gasteiger partial charge on any atom is -0.357 e. The molecular formula is C13H25IN4S. The molecule has 4 nitrogen and oxygen atoms in total. The monoisotopic (exact) mass is 396 g/mol. The first-order valence-corrected chi connectivity index (χ1v) is 7.43. The van der Waals surface area contributed by atoms with E-state index < -0.39 is 0 Å². The second-order valence-electron chi connectivity index (χ2n) is 4.54. The van der Waals surface area contributed by atoms with Crippen LogP contribution in [0, 0.1) is 5.92 Å². The van der Waals surface area contributed by atoms with E-state index in [2.05, 4.69) is 48.3 Å². The summed E-state index contributed by atoms with van der Waals surface area (Å²) < 4.78 is 0. The van der Waals surface area contributed by atoms with Gasteiger partial charge in [-0.1, -0.05) is 13.8 Å². The first-order chi connectivity index (χ1) is 8.65. The zero-order valence-electron chi connectivity index (χ0n) is 12.2. The van der Waals surface area contributed by atoms with Gasteiger partial charge >= 0.3 is 0 Å². The highest BCUT2D eigenvalue weighted by atomic mass is 127. The lowest BCUT2D eigenvalue weighted by Crippen LogP contribution is -2.36. The Morgan fingerprint density at radius 2 is 1.95 bits per heavy atom. The fourth-order valence-corrected chi connectivity index (χ4v) is 2.59. The topological polar surface area (TPSA) is 49.3 Å². The van der Waals surface area contributed by atoms with Crippen LogP contribution in [-0.4, -0.2) is 24.0 Å². The number of hydrogen-bond donors (Lipinski definition) is 2. The molecule has 0 aliphatic heterocycles. The second kappa shape index (κ2) is 10.4. The maximum atomic E-state index is 4.53. The summed E-state index contributed by atoms with van der Waals surface area (Å²) in [5.74, 6) is 1.53. The van der Waals surface area contributed by atoms with Crippen LogP contribution in [0.1, 0.15) is 37.6 Å². The number of hydrogen-bond acceptors (Lipinski definition) is 3. The van der Waals surface area contributed by atoms with Crippen LogP contribution in [0.25, 0.3) is 0 Å². The summed E-state index contributed by atoms with van der Waals surface area (Å²) in [5.41, 5.74) is 0. The van der Waals surface area contributed by atoms with Crippen molar-refractivity contribution in [3.8, 4) is 0 Å². The van der Waals surface area contributed by atoms with Gasteiger partial charge in [0.15, 0.2) is 5.96 Å². The van der Waals surface area contributed by atoms with Gasteiger partial charge in [-0.05, 0) is 19.8 Å². The zero-order valence-corrected chi connectivity index (χ0v) is 15.3. The predicted octanol–water partition coefficient (Wildman–Crippen LogP) is 3.03. The summed E-state index contributed by atoms with van der Waals surface area (Å²) >= 11 is 1.77. The molecule has 0 spiro atoms. The van der Waals surface area contributed by atoms with E-state index in [0.29, 0.717) is 12.5 Å².